The Morgan fingerprint density at radius 3 is 0.985 bits per heavy atom. The van der Waals surface area contributed by atoms with Crippen LogP contribution in [0.4, 0.5) is 0 Å². The van der Waals surface area contributed by atoms with Crippen LogP contribution in [0.2, 0.25) is 0 Å². The third kappa shape index (κ3) is 52.8. The lowest BCUT2D eigenvalue weighted by Gasteiger charge is -2.18. The molecule has 0 bridgehead atoms. The lowest BCUT2D eigenvalue weighted by Crippen LogP contribution is -2.30. The maximum absolute atomic E-state index is 12.8. The fourth-order valence-corrected chi connectivity index (χ4v) is 7.23. The molecule has 0 aromatic rings. The molecule has 0 aliphatic carbocycles. The van der Waals surface area contributed by atoms with E-state index < -0.39 is 6.10 Å². The van der Waals surface area contributed by atoms with E-state index in [0.29, 0.717) is 19.3 Å². The SMILES string of the molecule is CC\C=C/C=C\C=C/C=C\C=C/CCCCCC(=O)OCC(COC(=O)CCCCCCC\C=C/C=C\C=C/C=C\CCCCC)OC(=O)CCCCCCCCC/C=C\CCCCCCCC. The minimum absolute atomic E-state index is 0.109. The van der Waals surface area contributed by atoms with Gasteiger partial charge >= 0.3 is 17.9 Å². The minimum atomic E-state index is -0.812. The van der Waals surface area contributed by atoms with Gasteiger partial charge in [0.25, 0.3) is 0 Å². The molecule has 0 saturated carbocycles. The van der Waals surface area contributed by atoms with Crippen molar-refractivity contribution in [2.45, 2.75) is 239 Å². The van der Waals surface area contributed by atoms with Crippen LogP contribution in [0.1, 0.15) is 233 Å². The number of esters is 3. The molecule has 1 atom stereocenters. The summed E-state index contributed by atoms with van der Waals surface area (Å²) in [5.74, 6) is -0.980. The first-order valence-corrected chi connectivity index (χ1v) is 27.7. The van der Waals surface area contributed by atoms with Gasteiger partial charge < -0.3 is 14.2 Å². The topological polar surface area (TPSA) is 78.9 Å². The summed E-state index contributed by atoms with van der Waals surface area (Å²) in [6.07, 6.45) is 76.0. The molecular formula is C62H100O6. The first-order valence-electron chi connectivity index (χ1n) is 27.7. The number of allylic oxidation sites excluding steroid dienone is 20. The van der Waals surface area contributed by atoms with Crippen molar-refractivity contribution in [2.75, 3.05) is 13.2 Å². The van der Waals surface area contributed by atoms with Crippen LogP contribution in [0.15, 0.2) is 122 Å². The summed E-state index contributed by atoms with van der Waals surface area (Å²) >= 11 is 0. The minimum Gasteiger partial charge on any atom is -0.462 e. The molecule has 0 aliphatic heterocycles. The van der Waals surface area contributed by atoms with Crippen molar-refractivity contribution in [1.82, 2.24) is 0 Å². The molecule has 0 N–H and O–H groups in total. The highest BCUT2D eigenvalue weighted by Crippen LogP contribution is 2.14. The number of hydrogen-bond donors (Lipinski definition) is 0. The Hall–Kier alpha value is -4.19. The molecule has 0 amide bonds. The summed E-state index contributed by atoms with van der Waals surface area (Å²) < 4.78 is 16.8. The molecule has 0 radical (unpaired) electrons. The summed E-state index contributed by atoms with van der Waals surface area (Å²) in [5, 5.41) is 0. The van der Waals surface area contributed by atoms with E-state index in [4.69, 9.17) is 14.2 Å². The van der Waals surface area contributed by atoms with Gasteiger partial charge in [0, 0.05) is 19.3 Å². The molecule has 0 aromatic carbocycles. The van der Waals surface area contributed by atoms with Crippen molar-refractivity contribution < 1.29 is 28.6 Å². The van der Waals surface area contributed by atoms with Crippen LogP contribution in [-0.4, -0.2) is 37.2 Å². The standard InChI is InChI=1S/C62H100O6/c1-4-7-10-13-16-19-22-25-28-30-32-34-37-40-43-46-49-52-55-61(64)67-58-59(57-66-60(63)54-51-48-45-42-39-36-33-27-24-21-18-15-12-9-6-3)68-62(65)56-53-50-47-44-41-38-35-31-29-26-23-20-17-14-11-8-5-2/h9,12,15-16,18-19,21-22,24-30,32-34,36,39,59H,4-8,10-11,13-14,17,20,23,31,35,37-38,40-58H2,1-3H3/b12-9-,18-15-,19-16-,24-21-,25-22-,29-26-,30-28-,33-27-,34-32-,39-36-. The molecule has 0 rings (SSSR count). The Balaban J connectivity index is 4.53. The van der Waals surface area contributed by atoms with E-state index in [0.717, 1.165) is 96.3 Å². The quantitative estimate of drug-likeness (QED) is 0.0199. The molecule has 0 aromatic heterocycles. The van der Waals surface area contributed by atoms with Crippen LogP contribution in [0, 0.1) is 0 Å². The normalized spacial score (nSPS) is 13.0. The van der Waals surface area contributed by atoms with E-state index in [1.165, 1.54) is 96.3 Å². The zero-order chi connectivity index (χ0) is 49.3. The van der Waals surface area contributed by atoms with E-state index in [9.17, 15) is 14.4 Å². The molecule has 6 nitrogen and oxygen atoms in total. The van der Waals surface area contributed by atoms with Gasteiger partial charge in [-0.3, -0.25) is 14.4 Å². The summed E-state index contributed by atoms with van der Waals surface area (Å²) in [4.78, 5) is 38.1. The van der Waals surface area contributed by atoms with Crippen LogP contribution in [-0.2, 0) is 28.6 Å². The fourth-order valence-electron chi connectivity index (χ4n) is 7.23. The smallest absolute Gasteiger partial charge is 0.306 e. The summed E-state index contributed by atoms with van der Waals surface area (Å²) in [5.41, 5.74) is 0. The molecule has 0 saturated heterocycles. The molecule has 0 fully saturated rings. The maximum atomic E-state index is 12.8. The zero-order valence-electron chi connectivity index (χ0n) is 43.8. The van der Waals surface area contributed by atoms with Crippen molar-refractivity contribution in [2.24, 2.45) is 0 Å². The predicted molar refractivity (Wildman–Crippen MR) is 293 cm³/mol. The van der Waals surface area contributed by atoms with Crippen molar-refractivity contribution in [3.63, 3.8) is 0 Å². The van der Waals surface area contributed by atoms with Gasteiger partial charge in [0.1, 0.15) is 13.2 Å². The van der Waals surface area contributed by atoms with Crippen LogP contribution in [0.5, 0.6) is 0 Å². The van der Waals surface area contributed by atoms with E-state index in [1.807, 2.05) is 48.6 Å². The second kappa shape index (κ2) is 55.4. The van der Waals surface area contributed by atoms with Crippen LogP contribution in [0.25, 0.3) is 0 Å². The van der Waals surface area contributed by atoms with E-state index in [-0.39, 0.29) is 31.1 Å². The van der Waals surface area contributed by atoms with Crippen molar-refractivity contribution in [3.05, 3.63) is 122 Å². The molecule has 1 unspecified atom stereocenters. The van der Waals surface area contributed by atoms with E-state index in [2.05, 4.69) is 93.7 Å². The first-order chi connectivity index (χ1) is 33.5. The Morgan fingerprint density at radius 1 is 0.309 bits per heavy atom. The van der Waals surface area contributed by atoms with Crippen LogP contribution in [0.3, 0.4) is 0 Å². The largest absolute Gasteiger partial charge is 0.462 e. The number of carbonyl (C=O) groups is 3. The van der Waals surface area contributed by atoms with Gasteiger partial charge in [0.05, 0.1) is 0 Å². The number of hydrogen-bond acceptors (Lipinski definition) is 6. The Kier molecular flexibility index (Phi) is 52.0. The highest BCUT2D eigenvalue weighted by atomic mass is 16.6. The van der Waals surface area contributed by atoms with E-state index in [1.54, 1.807) is 0 Å². The van der Waals surface area contributed by atoms with Gasteiger partial charge in [-0.25, -0.2) is 0 Å². The number of unbranched alkanes of at least 4 members (excludes halogenated alkanes) is 24. The number of rotatable bonds is 48. The summed E-state index contributed by atoms with van der Waals surface area (Å²) in [6, 6.07) is 0. The monoisotopic (exact) mass is 941 g/mol. The fraction of sp³-hybridized carbons (Fsp3) is 0.629. The van der Waals surface area contributed by atoms with Crippen LogP contribution < -0.4 is 0 Å². The van der Waals surface area contributed by atoms with Gasteiger partial charge in [-0.2, -0.15) is 0 Å². The number of ether oxygens (including phenoxy) is 3. The first kappa shape index (κ1) is 63.8. The van der Waals surface area contributed by atoms with E-state index >= 15 is 0 Å². The van der Waals surface area contributed by atoms with Crippen LogP contribution >= 0.6 is 0 Å². The molecule has 384 valence electrons. The second-order valence-corrected chi connectivity index (χ2v) is 18.0. The summed E-state index contributed by atoms with van der Waals surface area (Å²) in [7, 11) is 0. The lowest BCUT2D eigenvalue weighted by atomic mass is 10.1. The van der Waals surface area contributed by atoms with Gasteiger partial charge in [0.2, 0.25) is 0 Å². The molecule has 0 aliphatic rings. The highest BCUT2D eigenvalue weighted by molar-refractivity contribution is 5.71. The summed E-state index contributed by atoms with van der Waals surface area (Å²) in [6.45, 7) is 6.39. The Labute approximate surface area is 418 Å². The second-order valence-electron chi connectivity index (χ2n) is 18.0. The predicted octanol–water partition coefficient (Wildman–Crippen LogP) is 18.5. The van der Waals surface area contributed by atoms with Crippen molar-refractivity contribution in [3.8, 4) is 0 Å². The average molecular weight is 941 g/mol. The Bertz CT molecular complexity index is 1450. The zero-order valence-corrected chi connectivity index (χ0v) is 43.8. The molecule has 0 spiro atoms. The van der Waals surface area contributed by atoms with Gasteiger partial charge in [-0.05, 0) is 89.9 Å². The third-order valence-electron chi connectivity index (χ3n) is 11.4. The Morgan fingerprint density at radius 2 is 0.588 bits per heavy atom. The molecule has 0 heterocycles. The van der Waals surface area contributed by atoms with Gasteiger partial charge in [-0.15, -0.1) is 0 Å². The highest BCUT2D eigenvalue weighted by Gasteiger charge is 2.19. The molecule has 68 heavy (non-hydrogen) atoms. The van der Waals surface area contributed by atoms with Crippen molar-refractivity contribution >= 4 is 17.9 Å². The number of carbonyl (C=O) groups excluding carboxylic acids is 3. The van der Waals surface area contributed by atoms with Crippen molar-refractivity contribution in [1.29, 1.82) is 0 Å². The third-order valence-corrected chi connectivity index (χ3v) is 11.4. The van der Waals surface area contributed by atoms with Gasteiger partial charge in [-0.1, -0.05) is 245 Å². The average Bonchev–Trinajstić information content (AvgIpc) is 3.34. The molecule has 6 heteroatoms. The maximum Gasteiger partial charge on any atom is 0.306 e. The lowest BCUT2D eigenvalue weighted by molar-refractivity contribution is -0.167. The molecular weight excluding hydrogens is 841 g/mol. The van der Waals surface area contributed by atoms with Gasteiger partial charge in [0.15, 0.2) is 6.10 Å².